The van der Waals surface area contributed by atoms with Crippen LogP contribution in [0.15, 0.2) is 36.6 Å². The molecule has 7 heteroatoms. The van der Waals surface area contributed by atoms with Gasteiger partial charge in [-0.1, -0.05) is 5.92 Å². The molecule has 0 aromatic heterocycles. The van der Waals surface area contributed by atoms with E-state index in [0.717, 1.165) is 6.26 Å². The number of nitro benzene ring substituents is 1. The molecule has 1 aliphatic rings. The average Bonchev–Trinajstić information content (AvgIpc) is 2.52. The predicted octanol–water partition coefficient (Wildman–Crippen LogP) is 2.14. The van der Waals surface area contributed by atoms with Crippen molar-refractivity contribution in [3.63, 3.8) is 0 Å². The minimum absolute atomic E-state index is 0.0680. The highest BCUT2D eigenvalue weighted by Gasteiger charge is 2.44. The van der Waals surface area contributed by atoms with Crippen molar-refractivity contribution in [3.05, 3.63) is 52.3 Å². The summed E-state index contributed by atoms with van der Waals surface area (Å²) in [6.45, 7) is 3.35. The van der Waals surface area contributed by atoms with Gasteiger partial charge in [0.05, 0.1) is 23.7 Å². The molecule has 0 spiro atoms. The first-order valence-corrected chi connectivity index (χ1v) is 7.18. The number of ketones is 1. The predicted molar refractivity (Wildman–Crippen MR) is 83.8 cm³/mol. The van der Waals surface area contributed by atoms with E-state index in [4.69, 9.17) is 9.47 Å². The zero-order valence-corrected chi connectivity index (χ0v) is 13.1. The van der Waals surface area contributed by atoms with Gasteiger partial charge in [-0.15, -0.1) is 0 Å². The Hall–Kier alpha value is -3.14. The van der Waals surface area contributed by atoms with Gasteiger partial charge in [0, 0.05) is 23.8 Å². The van der Waals surface area contributed by atoms with Crippen LogP contribution in [-0.4, -0.2) is 28.4 Å². The largest absolute Gasteiger partial charge is 0.470 e. The third-order valence-corrected chi connectivity index (χ3v) is 3.11. The zero-order valence-electron chi connectivity index (χ0n) is 13.1. The van der Waals surface area contributed by atoms with Gasteiger partial charge in [0.25, 0.3) is 11.3 Å². The number of allylic oxidation sites excluding steroid dienone is 1. The number of carbonyl (C=O) groups excluding carboxylic acids is 2. The molecular weight excluding hydrogens is 314 g/mol. The van der Waals surface area contributed by atoms with Crippen molar-refractivity contribution in [2.75, 3.05) is 0 Å². The van der Waals surface area contributed by atoms with Crippen LogP contribution in [0.25, 0.3) is 0 Å². The highest BCUT2D eigenvalue weighted by molar-refractivity contribution is 5.98. The standard InChI is InChI=1S/C17H15NO6/c1-12(2)24-16(20)17(11-15(19)8-10-23-17)9-7-13-3-5-14(6-4-13)18(21)22/h3-6,8,10,12H,11H2,1-2H3/t17-/m1/s1. The molecule has 0 radical (unpaired) electrons. The van der Waals surface area contributed by atoms with E-state index >= 15 is 0 Å². The van der Waals surface area contributed by atoms with Crippen LogP contribution in [0.2, 0.25) is 0 Å². The Bertz CT molecular complexity index is 754. The minimum Gasteiger partial charge on any atom is -0.470 e. The van der Waals surface area contributed by atoms with E-state index in [9.17, 15) is 19.7 Å². The smallest absolute Gasteiger partial charge is 0.364 e. The van der Waals surface area contributed by atoms with E-state index in [1.54, 1.807) is 13.8 Å². The fourth-order valence-electron chi connectivity index (χ4n) is 1.97. The number of carbonyl (C=O) groups is 2. The number of benzene rings is 1. The van der Waals surface area contributed by atoms with Crippen LogP contribution in [0.3, 0.4) is 0 Å². The summed E-state index contributed by atoms with van der Waals surface area (Å²) in [7, 11) is 0. The van der Waals surface area contributed by atoms with E-state index in [0.29, 0.717) is 5.56 Å². The van der Waals surface area contributed by atoms with Gasteiger partial charge in [-0.05, 0) is 31.9 Å². The summed E-state index contributed by atoms with van der Waals surface area (Å²) in [5.41, 5.74) is -1.33. The molecule has 124 valence electrons. The maximum atomic E-state index is 12.3. The van der Waals surface area contributed by atoms with Gasteiger partial charge in [0.2, 0.25) is 0 Å². The summed E-state index contributed by atoms with van der Waals surface area (Å²) in [6, 6.07) is 5.51. The number of esters is 1. The number of non-ortho nitro benzene ring substituents is 1. The number of nitro groups is 1. The summed E-state index contributed by atoms with van der Waals surface area (Å²) in [6.07, 6.45) is 1.70. The molecule has 0 saturated heterocycles. The number of rotatable bonds is 3. The lowest BCUT2D eigenvalue weighted by molar-refractivity contribution is -0.384. The Labute approximate surface area is 138 Å². The lowest BCUT2D eigenvalue weighted by atomic mass is 9.95. The van der Waals surface area contributed by atoms with Crippen molar-refractivity contribution in [1.29, 1.82) is 0 Å². The second kappa shape index (κ2) is 6.96. The van der Waals surface area contributed by atoms with Crippen LogP contribution >= 0.6 is 0 Å². The van der Waals surface area contributed by atoms with Crippen LogP contribution in [0.5, 0.6) is 0 Å². The van der Waals surface area contributed by atoms with Crippen LogP contribution in [-0.2, 0) is 19.1 Å². The molecule has 0 bridgehead atoms. The van der Waals surface area contributed by atoms with Gasteiger partial charge in [-0.25, -0.2) is 4.79 Å². The van der Waals surface area contributed by atoms with Crippen molar-refractivity contribution >= 4 is 17.4 Å². The Morgan fingerprint density at radius 3 is 2.58 bits per heavy atom. The highest BCUT2D eigenvalue weighted by atomic mass is 16.6. The fraction of sp³-hybridized carbons (Fsp3) is 0.294. The molecule has 24 heavy (non-hydrogen) atoms. The van der Waals surface area contributed by atoms with Crippen LogP contribution in [0.1, 0.15) is 25.8 Å². The molecule has 0 aliphatic carbocycles. The maximum absolute atomic E-state index is 12.3. The molecule has 1 atom stereocenters. The lowest BCUT2D eigenvalue weighted by Crippen LogP contribution is -2.45. The highest BCUT2D eigenvalue weighted by Crippen LogP contribution is 2.24. The Kier molecular flexibility index (Phi) is 4.99. The SMILES string of the molecule is CC(C)OC(=O)[C@@]1(C#Cc2ccc([N+](=O)[O-])cc2)CC(=O)C=CO1. The van der Waals surface area contributed by atoms with E-state index in [1.807, 2.05) is 0 Å². The lowest BCUT2D eigenvalue weighted by Gasteiger charge is -2.27. The van der Waals surface area contributed by atoms with Crippen molar-refractivity contribution in [1.82, 2.24) is 0 Å². The second-order valence-electron chi connectivity index (χ2n) is 5.40. The zero-order chi connectivity index (χ0) is 17.7. The minimum atomic E-state index is -1.71. The second-order valence-corrected chi connectivity index (χ2v) is 5.40. The molecule has 0 saturated carbocycles. The number of hydrogen-bond donors (Lipinski definition) is 0. The molecule has 0 unspecified atom stereocenters. The van der Waals surface area contributed by atoms with E-state index in [-0.39, 0.29) is 24.0 Å². The van der Waals surface area contributed by atoms with E-state index in [2.05, 4.69) is 11.8 Å². The summed E-state index contributed by atoms with van der Waals surface area (Å²) >= 11 is 0. The van der Waals surface area contributed by atoms with Crippen LogP contribution < -0.4 is 0 Å². The molecule has 0 fully saturated rings. The quantitative estimate of drug-likeness (QED) is 0.365. The third kappa shape index (κ3) is 3.98. The molecule has 0 N–H and O–H groups in total. The molecule has 1 aliphatic heterocycles. The van der Waals surface area contributed by atoms with Gasteiger partial charge in [0.1, 0.15) is 0 Å². The van der Waals surface area contributed by atoms with Crippen LogP contribution in [0.4, 0.5) is 5.69 Å². The van der Waals surface area contributed by atoms with Crippen molar-refractivity contribution in [2.45, 2.75) is 32.0 Å². The number of hydrogen-bond acceptors (Lipinski definition) is 6. The van der Waals surface area contributed by atoms with Gasteiger partial charge in [0.15, 0.2) is 5.78 Å². The van der Waals surface area contributed by atoms with E-state index < -0.39 is 16.5 Å². The molecule has 1 aromatic carbocycles. The Morgan fingerprint density at radius 2 is 2.04 bits per heavy atom. The average molecular weight is 329 g/mol. The molecule has 1 aromatic rings. The third-order valence-electron chi connectivity index (χ3n) is 3.11. The Balaban J connectivity index is 2.32. The summed E-state index contributed by atoms with van der Waals surface area (Å²) in [4.78, 5) is 34.1. The van der Waals surface area contributed by atoms with Gasteiger partial charge in [-0.2, -0.15) is 0 Å². The van der Waals surface area contributed by atoms with Crippen molar-refractivity contribution in [2.24, 2.45) is 0 Å². The maximum Gasteiger partial charge on any atom is 0.364 e. The number of ether oxygens (including phenoxy) is 2. The Morgan fingerprint density at radius 1 is 1.38 bits per heavy atom. The molecule has 7 nitrogen and oxygen atoms in total. The first-order valence-electron chi connectivity index (χ1n) is 7.18. The normalized spacial score (nSPS) is 19.2. The van der Waals surface area contributed by atoms with Crippen LogP contribution in [0, 0.1) is 22.0 Å². The molecule has 1 heterocycles. The monoisotopic (exact) mass is 329 g/mol. The summed E-state index contributed by atoms with van der Waals surface area (Å²) in [5.74, 6) is 4.31. The fourth-order valence-corrected chi connectivity index (χ4v) is 1.97. The first kappa shape index (κ1) is 17.2. The molecule has 0 amide bonds. The summed E-state index contributed by atoms with van der Waals surface area (Å²) < 4.78 is 10.5. The summed E-state index contributed by atoms with van der Waals surface area (Å²) in [5, 5.41) is 10.6. The van der Waals surface area contributed by atoms with Gasteiger partial charge in [-0.3, -0.25) is 14.9 Å². The van der Waals surface area contributed by atoms with Crippen molar-refractivity contribution < 1.29 is 24.0 Å². The van der Waals surface area contributed by atoms with Crippen molar-refractivity contribution in [3.8, 4) is 11.8 Å². The van der Waals surface area contributed by atoms with Gasteiger partial charge < -0.3 is 9.47 Å². The topological polar surface area (TPSA) is 95.7 Å². The van der Waals surface area contributed by atoms with Gasteiger partial charge >= 0.3 is 5.97 Å². The number of nitrogens with zero attached hydrogens (tertiary/aromatic N) is 1. The molecular formula is C17H15NO6. The first-order chi connectivity index (χ1) is 11.3. The van der Waals surface area contributed by atoms with E-state index in [1.165, 1.54) is 30.3 Å². The molecule has 2 rings (SSSR count).